The minimum absolute atomic E-state index is 0.102. The van der Waals surface area contributed by atoms with Crippen LogP contribution in [0.1, 0.15) is 24.0 Å². The Morgan fingerprint density at radius 2 is 2.22 bits per heavy atom. The summed E-state index contributed by atoms with van der Waals surface area (Å²) in [5, 5.41) is 11.3. The van der Waals surface area contributed by atoms with Gasteiger partial charge < -0.3 is 10.5 Å². The zero-order valence-corrected chi connectivity index (χ0v) is 10.7. The summed E-state index contributed by atoms with van der Waals surface area (Å²) in [4.78, 5) is 10.5. The average molecular weight is 269 g/mol. The lowest BCUT2D eigenvalue weighted by Crippen LogP contribution is -2.01. The Bertz CT molecular complexity index is 541. The zero-order chi connectivity index (χ0) is 13.3. The molecule has 0 amide bonds. The third-order valence-corrected chi connectivity index (χ3v) is 3.29. The Morgan fingerprint density at radius 3 is 2.83 bits per heavy atom. The molecule has 1 aromatic carbocycles. The molecule has 96 valence electrons. The normalized spacial score (nSPS) is 14.4. The van der Waals surface area contributed by atoms with Gasteiger partial charge in [-0.25, -0.2) is 0 Å². The highest BCUT2D eigenvalue weighted by Gasteiger charge is 2.25. The fraction of sp³-hybridized carbons (Fsp3) is 0.333. The summed E-state index contributed by atoms with van der Waals surface area (Å²) in [6, 6.07) is 1.31. The van der Waals surface area contributed by atoms with Crippen molar-refractivity contribution in [1.29, 1.82) is 0 Å². The molecule has 0 spiro atoms. The predicted molar refractivity (Wildman–Crippen MR) is 69.8 cm³/mol. The first-order valence-electron chi connectivity index (χ1n) is 5.54. The number of nitrogens with two attached hydrogens (primary N) is 1. The second-order valence-corrected chi connectivity index (χ2v) is 4.54. The van der Waals surface area contributed by atoms with E-state index in [2.05, 4.69) is 0 Å². The van der Waals surface area contributed by atoms with Crippen molar-refractivity contribution in [1.82, 2.24) is 0 Å². The van der Waals surface area contributed by atoms with Crippen LogP contribution in [0.4, 0.5) is 5.69 Å². The van der Waals surface area contributed by atoms with Gasteiger partial charge in [0.1, 0.15) is 0 Å². The van der Waals surface area contributed by atoms with Crippen LogP contribution in [0.3, 0.4) is 0 Å². The fourth-order valence-electron chi connectivity index (χ4n) is 2.18. The lowest BCUT2D eigenvalue weighted by atomic mass is 10.0. The number of hydrogen-bond acceptors (Lipinski definition) is 4. The third kappa shape index (κ3) is 2.13. The first-order valence-corrected chi connectivity index (χ1v) is 5.92. The van der Waals surface area contributed by atoms with Gasteiger partial charge in [-0.05, 0) is 25.3 Å². The largest absolute Gasteiger partial charge is 0.490 e. The van der Waals surface area contributed by atoms with Crippen molar-refractivity contribution in [3.8, 4) is 5.75 Å². The summed E-state index contributed by atoms with van der Waals surface area (Å²) in [6.07, 6.45) is 4.01. The molecule has 1 aliphatic rings. The van der Waals surface area contributed by atoms with Crippen molar-refractivity contribution in [2.24, 2.45) is 5.73 Å². The lowest BCUT2D eigenvalue weighted by molar-refractivity contribution is -0.385. The number of ether oxygens (including phenoxy) is 1. The number of halogens is 1. The number of rotatable bonds is 2. The van der Waals surface area contributed by atoms with E-state index >= 15 is 0 Å². The van der Waals surface area contributed by atoms with Crippen LogP contribution in [0.25, 0.3) is 6.08 Å². The van der Waals surface area contributed by atoms with Gasteiger partial charge in [-0.2, -0.15) is 0 Å². The maximum atomic E-state index is 11.0. The molecule has 0 heterocycles. The molecular formula is C12H13ClN2O3. The van der Waals surface area contributed by atoms with Crippen LogP contribution in [0, 0.1) is 10.1 Å². The van der Waals surface area contributed by atoms with Gasteiger partial charge in [0.05, 0.1) is 17.1 Å². The average Bonchev–Trinajstić information content (AvgIpc) is 2.51. The molecule has 0 radical (unpaired) electrons. The first-order chi connectivity index (χ1) is 8.54. The van der Waals surface area contributed by atoms with Gasteiger partial charge in [0.15, 0.2) is 0 Å². The molecule has 2 N–H and O–H groups in total. The molecule has 0 atom stereocenters. The highest BCUT2D eigenvalue weighted by Crippen LogP contribution is 2.40. The fourth-order valence-corrected chi connectivity index (χ4v) is 2.45. The molecule has 2 rings (SSSR count). The Hall–Kier alpha value is -1.75. The monoisotopic (exact) mass is 268 g/mol. The van der Waals surface area contributed by atoms with Gasteiger partial charge in [0.2, 0.25) is 5.75 Å². The Labute approximate surface area is 109 Å². The van der Waals surface area contributed by atoms with Gasteiger partial charge in [0.25, 0.3) is 0 Å². The van der Waals surface area contributed by atoms with Gasteiger partial charge in [-0.15, -0.1) is 0 Å². The van der Waals surface area contributed by atoms with E-state index in [1.807, 2.05) is 0 Å². The molecule has 1 aromatic rings. The zero-order valence-electron chi connectivity index (χ0n) is 9.90. The Morgan fingerprint density at radius 1 is 1.50 bits per heavy atom. The van der Waals surface area contributed by atoms with Crippen LogP contribution in [-0.2, 0) is 6.42 Å². The molecule has 0 fully saturated rings. The predicted octanol–water partition coefficient (Wildman–Crippen LogP) is 2.89. The van der Waals surface area contributed by atoms with E-state index in [4.69, 9.17) is 22.1 Å². The quantitative estimate of drug-likeness (QED) is 0.661. The van der Waals surface area contributed by atoms with Crippen molar-refractivity contribution in [2.75, 3.05) is 7.11 Å². The topological polar surface area (TPSA) is 78.4 Å². The SMILES string of the molecule is COc1c([N+](=O)[O-])cc(Cl)c2c1CCCC(N)=C2. The van der Waals surface area contributed by atoms with Gasteiger partial charge in [-0.1, -0.05) is 11.6 Å². The molecule has 0 saturated heterocycles. The van der Waals surface area contributed by atoms with Crippen LogP contribution in [0.15, 0.2) is 11.8 Å². The van der Waals surface area contributed by atoms with E-state index in [0.717, 1.165) is 29.7 Å². The number of fused-ring (bicyclic) bond motifs is 1. The Balaban J connectivity index is 2.72. The van der Waals surface area contributed by atoms with Crippen LogP contribution >= 0.6 is 11.6 Å². The minimum Gasteiger partial charge on any atom is -0.490 e. The minimum atomic E-state index is -0.483. The summed E-state index contributed by atoms with van der Waals surface area (Å²) < 4.78 is 5.18. The summed E-state index contributed by atoms with van der Waals surface area (Å²) in [5.41, 5.74) is 7.95. The first kappa shape index (κ1) is 12.7. The number of benzene rings is 1. The van der Waals surface area contributed by atoms with E-state index in [0.29, 0.717) is 11.4 Å². The standard InChI is InChI=1S/C12H13ClN2O3/c1-18-12-8-4-2-3-7(14)5-9(8)10(13)6-11(12)15(16)17/h5-6H,2-4,14H2,1H3. The molecule has 1 aliphatic carbocycles. The maximum absolute atomic E-state index is 11.0. The van der Waals surface area contributed by atoms with E-state index in [1.54, 1.807) is 6.08 Å². The van der Waals surface area contributed by atoms with E-state index in [1.165, 1.54) is 13.2 Å². The molecule has 0 bridgehead atoms. The van der Waals surface area contributed by atoms with Crippen molar-refractivity contribution in [3.63, 3.8) is 0 Å². The molecular weight excluding hydrogens is 256 g/mol. The smallest absolute Gasteiger partial charge is 0.312 e. The number of methoxy groups -OCH3 is 1. The molecule has 6 heteroatoms. The number of nitrogens with zero attached hydrogens (tertiary/aromatic N) is 1. The summed E-state index contributed by atoms with van der Waals surface area (Å²) >= 11 is 6.10. The van der Waals surface area contributed by atoms with E-state index < -0.39 is 4.92 Å². The van der Waals surface area contributed by atoms with Crippen molar-refractivity contribution in [3.05, 3.63) is 38.0 Å². The number of nitro groups is 1. The van der Waals surface area contributed by atoms with Crippen molar-refractivity contribution >= 4 is 23.4 Å². The molecule has 18 heavy (non-hydrogen) atoms. The summed E-state index contributed by atoms with van der Waals surface area (Å²) in [7, 11) is 1.43. The second kappa shape index (κ2) is 4.86. The summed E-state index contributed by atoms with van der Waals surface area (Å²) in [6.45, 7) is 0. The molecule has 0 unspecified atom stereocenters. The van der Waals surface area contributed by atoms with Crippen LogP contribution < -0.4 is 10.5 Å². The van der Waals surface area contributed by atoms with E-state index in [9.17, 15) is 10.1 Å². The van der Waals surface area contributed by atoms with Crippen LogP contribution in [-0.4, -0.2) is 12.0 Å². The second-order valence-electron chi connectivity index (χ2n) is 4.13. The number of allylic oxidation sites excluding steroid dienone is 1. The maximum Gasteiger partial charge on any atom is 0.312 e. The number of hydrogen-bond donors (Lipinski definition) is 1. The lowest BCUT2D eigenvalue weighted by Gasteiger charge is -2.12. The Kier molecular flexibility index (Phi) is 3.43. The molecule has 0 aromatic heterocycles. The van der Waals surface area contributed by atoms with Crippen molar-refractivity contribution in [2.45, 2.75) is 19.3 Å². The van der Waals surface area contributed by atoms with Crippen molar-refractivity contribution < 1.29 is 9.66 Å². The van der Waals surface area contributed by atoms with Gasteiger partial charge >= 0.3 is 5.69 Å². The van der Waals surface area contributed by atoms with Crippen LogP contribution in [0.5, 0.6) is 5.75 Å². The molecule has 0 saturated carbocycles. The van der Waals surface area contributed by atoms with E-state index in [-0.39, 0.29) is 11.4 Å². The molecule has 0 aliphatic heterocycles. The van der Waals surface area contributed by atoms with Gasteiger partial charge in [0, 0.05) is 22.9 Å². The molecule has 5 nitrogen and oxygen atoms in total. The third-order valence-electron chi connectivity index (χ3n) is 2.98. The highest BCUT2D eigenvalue weighted by molar-refractivity contribution is 6.32. The van der Waals surface area contributed by atoms with Gasteiger partial charge in [-0.3, -0.25) is 10.1 Å². The summed E-state index contributed by atoms with van der Waals surface area (Å²) in [5.74, 6) is 0.283. The highest BCUT2D eigenvalue weighted by atomic mass is 35.5. The van der Waals surface area contributed by atoms with Crippen LogP contribution in [0.2, 0.25) is 5.02 Å². The number of nitro benzene ring substituents is 1.